The maximum atomic E-state index is 8.99. The zero-order valence-electron chi connectivity index (χ0n) is 2.24. The molecule has 0 saturated carbocycles. The van der Waals surface area contributed by atoms with Crippen LogP contribution in [0.5, 0.6) is 0 Å². The minimum Gasteiger partial charge on any atom is -1.00 e. The lowest BCUT2D eigenvalue weighted by Gasteiger charge is -1.56. The molecule has 0 saturated heterocycles. The SMILES string of the molecule is NC(=O)Cl.[Cl-]. The normalized spacial score (nSPS) is 5.00. The van der Waals surface area contributed by atoms with E-state index in [1.807, 2.05) is 0 Å². The summed E-state index contributed by atoms with van der Waals surface area (Å²) >= 11 is 4.41. The number of rotatable bonds is 0. The van der Waals surface area contributed by atoms with Gasteiger partial charge in [-0.1, -0.05) is 0 Å². The van der Waals surface area contributed by atoms with Crippen LogP contribution in [0.15, 0.2) is 0 Å². The first kappa shape index (κ1) is 8.90. The van der Waals surface area contributed by atoms with Crippen molar-refractivity contribution >= 4 is 17.0 Å². The van der Waals surface area contributed by atoms with Gasteiger partial charge >= 0.3 is 5.37 Å². The van der Waals surface area contributed by atoms with Crippen molar-refractivity contribution in [2.45, 2.75) is 0 Å². The third kappa shape index (κ3) is 6810. The first-order valence-corrected chi connectivity index (χ1v) is 1.06. The van der Waals surface area contributed by atoms with Gasteiger partial charge < -0.3 is 18.1 Å². The molecule has 5 heavy (non-hydrogen) atoms. The second-order valence-corrected chi connectivity index (χ2v) is 0.677. The lowest BCUT2D eigenvalue weighted by atomic mass is 11.5. The average Bonchev–Trinajstić information content (AvgIpc) is 0.811. The van der Waals surface area contributed by atoms with E-state index in [-0.39, 0.29) is 12.4 Å². The average molecular weight is 115 g/mol. The monoisotopic (exact) mass is 114 g/mol. The van der Waals surface area contributed by atoms with Crippen LogP contribution < -0.4 is 18.1 Å². The van der Waals surface area contributed by atoms with Crippen molar-refractivity contribution in [3.8, 4) is 0 Å². The summed E-state index contributed by atoms with van der Waals surface area (Å²) in [4.78, 5) is 8.99. The molecule has 0 aromatic rings. The summed E-state index contributed by atoms with van der Waals surface area (Å²) in [5.74, 6) is 0. The summed E-state index contributed by atoms with van der Waals surface area (Å²) in [5.41, 5.74) is 4.24. The lowest BCUT2D eigenvalue weighted by molar-refractivity contribution is -0.00000384. The molecule has 2 N–H and O–H groups in total. The first-order chi connectivity index (χ1) is 1.73. The number of halogens is 2. The van der Waals surface area contributed by atoms with Gasteiger partial charge in [-0.25, -0.2) is 0 Å². The highest BCUT2D eigenvalue weighted by Gasteiger charge is 1.66. The Morgan fingerprint density at radius 3 is 1.80 bits per heavy atom. The van der Waals surface area contributed by atoms with Crippen LogP contribution in [-0.4, -0.2) is 5.37 Å². The molecule has 0 rings (SSSR count). The summed E-state index contributed by atoms with van der Waals surface area (Å²) in [7, 11) is 0. The molecule has 0 bridgehead atoms. The number of carbonyl (C=O) groups is 1. The molecule has 0 fully saturated rings. The molecular formula is CH2Cl2NO-. The molecule has 0 radical (unpaired) electrons. The maximum Gasteiger partial charge on any atom is 0.311 e. The van der Waals surface area contributed by atoms with E-state index in [0.29, 0.717) is 0 Å². The topological polar surface area (TPSA) is 43.1 Å². The predicted octanol–water partition coefficient (Wildman–Crippen LogP) is -2.69. The molecule has 0 heterocycles. The van der Waals surface area contributed by atoms with E-state index in [4.69, 9.17) is 4.79 Å². The fourth-order valence-corrected chi connectivity index (χ4v) is 0. The smallest absolute Gasteiger partial charge is 0.311 e. The van der Waals surface area contributed by atoms with Gasteiger partial charge in [0.1, 0.15) is 0 Å². The number of hydrogen-bond donors (Lipinski definition) is 1. The minimum atomic E-state index is -0.861. The second kappa shape index (κ2) is 4.05. The van der Waals surface area contributed by atoms with E-state index in [1.54, 1.807) is 0 Å². The molecule has 0 aromatic carbocycles. The van der Waals surface area contributed by atoms with Crippen molar-refractivity contribution in [3.63, 3.8) is 0 Å². The van der Waals surface area contributed by atoms with Gasteiger partial charge in [0.05, 0.1) is 0 Å². The minimum absolute atomic E-state index is 0. The molecule has 4 heteroatoms. The molecule has 1 amide bonds. The first-order valence-electron chi connectivity index (χ1n) is 0.682. The highest BCUT2D eigenvalue weighted by Crippen LogP contribution is 1.62. The quantitative estimate of drug-likeness (QED) is 0.271. The van der Waals surface area contributed by atoms with E-state index < -0.39 is 5.37 Å². The zero-order valence-corrected chi connectivity index (χ0v) is 3.75. The molecule has 0 aliphatic rings. The fourth-order valence-electron chi connectivity index (χ4n) is 0. The van der Waals surface area contributed by atoms with E-state index in [1.165, 1.54) is 0 Å². The van der Waals surface area contributed by atoms with Crippen LogP contribution in [0.1, 0.15) is 0 Å². The number of amides is 1. The lowest BCUT2D eigenvalue weighted by Crippen LogP contribution is -3.00. The van der Waals surface area contributed by atoms with Gasteiger partial charge in [-0.15, -0.1) is 0 Å². The van der Waals surface area contributed by atoms with Gasteiger partial charge in [-0.2, -0.15) is 0 Å². The molecule has 2 nitrogen and oxygen atoms in total. The Morgan fingerprint density at radius 2 is 1.80 bits per heavy atom. The van der Waals surface area contributed by atoms with Crippen molar-refractivity contribution in [2.75, 3.05) is 0 Å². The highest BCUT2D eigenvalue weighted by atomic mass is 35.5. The van der Waals surface area contributed by atoms with E-state index in [0.717, 1.165) is 0 Å². The number of hydrogen-bond acceptors (Lipinski definition) is 1. The van der Waals surface area contributed by atoms with Gasteiger partial charge in [0, 0.05) is 0 Å². The van der Waals surface area contributed by atoms with E-state index in [9.17, 15) is 0 Å². The molecule has 0 aliphatic heterocycles. The van der Waals surface area contributed by atoms with Gasteiger partial charge in [0.2, 0.25) is 0 Å². The van der Waals surface area contributed by atoms with Gasteiger partial charge in [-0.05, 0) is 11.6 Å². The Hall–Kier alpha value is 0.0500. The Bertz CT molecular complexity index is 32.6. The van der Waals surface area contributed by atoms with Crippen LogP contribution in [0.3, 0.4) is 0 Å². The number of nitrogens with two attached hydrogens (primary N) is 1. The van der Waals surface area contributed by atoms with Gasteiger partial charge in [0.15, 0.2) is 0 Å². The van der Waals surface area contributed by atoms with Gasteiger partial charge in [-0.3, -0.25) is 4.79 Å². The van der Waals surface area contributed by atoms with Crippen molar-refractivity contribution in [1.29, 1.82) is 0 Å². The summed E-state index contributed by atoms with van der Waals surface area (Å²) in [5, 5.41) is -0.861. The third-order valence-electron chi connectivity index (χ3n) is 0. The highest BCUT2D eigenvalue weighted by molar-refractivity contribution is 6.62. The number of primary amides is 1. The Labute approximate surface area is 40.7 Å². The van der Waals surface area contributed by atoms with E-state index >= 15 is 0 Å². The maximum absolute atomic E-state index is 8.99. The van der Waals surface area contributed by atoms with Crippen LogP contribution in [0.2, 0.25) is 0 Å². The van der Waals surface area contributed by atoms with Crippen molar-refractivity contribution in [3.05, 3.63) is 0 Å². The van der Waals surface area contributed by atoms with Crippen molar-refractivity contribution < 1.29 is 17.2 Å². The third-order valence-corrected chi connectivity index (χ3v) is 0. The molecule has 0 aromatic heterocycles. The second-order valence-electron chi connectivity index (χ2n) is 0.304. The summed E-state index contributed by atoms with van der Waals surface area (Å²) in [6, 6.07) is 0. The Balaban J connectivity index is 0. The molecule has 0 atom stereocenters. The molecule has 0 spiro atoms. The zero-order chi connectivity index (χ0) is 3.58. The van der Waals surface area contributed by atoms with Crippen molar-refractivity contribution in [1.82, 2.24) is 0 Å². The standard InChI is InChI=1S/CH2ClNO.ClH/c2-1(3)4;/h(H2,3,4);1H/p-1. The summed E-state index contributed by atoms with van der Waals surface area (Å²) in [6.07, 6.45) is 0. The van der Waals surface area contributed by atoms with Gasteiger partial charge in [0.25, 0.3) is 0 Å². The predicted molar refractivity (Wildman–Crippen MR) is 15.4 cm³/mol. The van der Waals surface area contributed by atoms with Crippen LogP contribution >= 0.6 is 11.6 Å². The molecule has 0 unspecified atom stereocenters. The van der Waals surface area contributed by atoms with Crippen LogP contribution in [0.25, 0.3) is 0 Å². The Kier molecular flexibility index (Phi) is 7.21. The Morgan fingerprint density at radius 1 is 1.80 bits per heavy atom. The fraction of sp³-hybridized carbons (Fsp3) is 0. The van der Waals surface area contributed by atoms with E-state index in [2.05, 4.69) is 17.3 Å². The summed E-state index contributed by atoms with van der Waals surface area (Å²) in [6.45, 7) is 0. The molecular weight excluding hydrogens is 113 g/mol. The largest absolute Gasteiger partial charge is 1.00 e. The van der Waals surface area contributed by atoms with Crippen LogP contribution in [0.4, 0.5) is 4.79 Å². The van der Waals surface area contributed by atoms with Crippen LogP contribution in [0, 0.1) is 0 Å². The van der Waals surface area contributed by atoms with Crippen molar-refractivity contribution in [2.24, 2.45) is 5.73 Å². The molecule has 32 valence electrons. The number of carbonyl (C=O) groups excluding carboxylic acids is 1. The van der Waals surface area contributed by atoms with Crippen LogP contribution in [-0.2, 0) is 0 Å². The molecule has 0 aliphatic carbocycles. The summed E-state index contributed by atoms with van der Waals surface area (Å²) < 4.78 is 0.